The summed E-state index contributed by atoms with van der Waals surface area (Å²) < 4.78 is 11.6. The Morgan fingerprint density at radius 1 is 1.07 bits per heavy atom. The average molecular weight is 388 g/mol. The predicted molar refractivity (Wildman–Crippen MR) is 107 cm³/mol. The Balaban J connectivity index is 1.71. The molecular weight excluding hydrogens is 368 g/mol. The molecule has 0 unspecified atom stereocenters. The van der Waals surface area contributed by atoms with E-state index in [1.54, 1.807) is 37.3 Å². The molecule has 1 aliphatic heterocycles. The second-order valence-electron chi connectivity index (χ2n) is 7.60. The number of aliphatic hydroxyl groups is 1. The summed E-state index contributed by atoms with van der Waals surface area (Å²) in [5.74, 6) is -0.475. The maximum atomic E-state index is 13.5. The summed E-state index contributed by atoms with van der Waals surface area (Å²) in [6.45, 7) is 1.87. The van der Waals surface area contributed by atoms with Crippen molar-refractivity contribution < 1.29 is 24.2 Å². The van der Waals surface area contributed by atoms with Crippen LogP contribution >= 0.6 is 0 Å². The van der Waals surface area contributed by atoms with E-state index in [4.69, 9.17) is 9.47 Å². The number of hydrogen-bond acceptors (Lipinski definition) is 5. The van der Waals surface area contributed by atoms with Gasteiger partial charge in [0.15, 0.2) is 5.78 Å². The number of Topliss-reactive ketones (excluding diaryl/α,β-unsaturated/α-hetero) is 1. The van der Waals surface area contributed by atoms with E-state index in [0.29, 0.717) is 16.9 Å². The number of rotatable bonds is 4. The van der Waals surface area contributed by atoms with E-state index in [2.05, 4.69) is 0 Å². The van der Waals surface area contributed by atoms with Crippen LogP contribution in [0, 0.1) is 5.41 Å². The highest BCUT2D eigenvalue weighted by molar-refractivity contribution is 6.11. The lowest BCUT2D eigenvalue weighted by Gasteiger charge is -2.35. The SMILES string of the molecule is CCOC(=O)[C@@]12C[C@]1(C(=O)c1ccccc1)[C@H](O)c1ccc3ccccc3c1O2. The maximum Gasteiger partial charge on any atom is 0.351 e. The second kappa shape index (κ2) is 6.16. The number of carbonyl (C=O) groups is 2. The van der Waals surface area contributed by atoms with E-state index in [0.717, 1.165) is 10.8 Å². The normalized spacial score (nSPS) is 26.8. The molecule has 0 bridgehead atoms. The molecule has 2 aliphatic rings. The molecule has 0 radical (unpaired) electrons. The topological polar surface area (TPSA) is 72.8 Å². The van der Waals surface area contributed by atoms with Crippen LogP contribution in [0.5, 0.6) is 5.75 Å². The molecule has 5 rings (SSSR count). The van der Waals surface area contributed by atoms with Gasteiger partial charge in [-0.3, -0.25) is 4.79 Å². The van der Waals surface area contributed by atoms with E-state index in [1.807, 2.05) is 36.4 Å². The second-order valence-corrected chi connectivity index (χ2v) is 7.60. The van der Waals surface area contributed by atoms with Crippen LogP contribution in [-0.4, -0.2) is 29.1 Å². The Morgan fingerprint density at radius 3 is 2.55 bits per heavy atom. The zero-order valence-electron chi connectivity index (χ0n) is 15.9. The first-order valence-corrected chi connectivity index (χ1v) is 9.71. The van der Waals surface area contributed by atoms with Gasteiger partial charge in [-0.15, -0.1) is 0 Å². The minimum absolute atomic E-state index is 0.0801. The fourth-order valence-electron chi connectivity index (χ4n) is 4.60. The van der Waals surface area contributed by atoms with Gasteiger partial charge in [-0.05, 0) is 12.3 Å². The summed E-state index contributed by atoms with van der Waals surface area (Å²) in [6, 6.07) is 20.0. The number of aliphatic hydroxyl groups excluding tert-OH is 1. The zero-order chi connectivity index (χ0) is 20.2. The minimum atomic E-state index is -1.52. The molecule has 0 saturated heterocycles. The number of esters is 1. The van der Waals surface area contributed by atoms with Crippen LogP contribution < -0.4 is 4.74 Å². The lowest BCUT2D eigenvalue weighted by Crippen LogP contribution is -2.47. The fraction of sp³-hybridized carbons (Fsp3) is 0.250. The lowest BCUT2D eigenvalue weighted by molar-refractivity contribution is -0.158. The molecule has 1 saturated carbocycles. The molecule has 1 fully saturated rings. The molecule has 146 valence electrons. The van der Waals surface area contributed by atoms with Crippen molar-refractivity contribution in [3.63, 3.8) is 0 Å². The monoisotopic (exact) mass is 388 g/mol. The molecule has 3 aromatic rings. The van der Waals surface area contributed by atoms with Gasteiger partial charge in [-0.1, -0.05) is 66.7 Å². The molecule has 0 spiro atoms. The van der Waals surface area contributed by atoms with E-state index < -0.39 is 23.1 Å². The number of ether oxygens (including phenoxy) is 2. The molecule has 0 aromatic heterocycles. The molecule has 1 heterocycles. The van der Waals surface area contributed by atoms with Gasteiger partial charge in [-0.2, -0.15) is 0 Å². The maximum absolute atomic E-state index is 13.5. The molecule has 29 heavy (non-hydrogen) atoms. The van der Waals surface area contributed by atoms with Gasteiger partial charge in [0.25, 0.3) is 0 Å². The third kappa shape index (κ3) is 2.25. The van der Waals surface area contributed by atoms with Crippen molar-refractivity contribution in [3.8, 4) is 5.75 Å². The number of hydrogen-bond donors (Lipinski definition) is 1. The summed E-state index contributed by atoms with van der Waals surface area (Å²) in [5.41, 5.74) is -1.96. The van der Waals surface area contributed by atoms with Gasteiger partial charge >= 0.3 is 5.97 Å². The average Bonchev–Trinajstić information content (AvgIpc) is 3.46. The van der Waals surface area contributed by atoms with Crippen LogP contribution in [0.15, 0.2) is 66.7 Å². The summed E-state index contributed by atoms with van der Waals surface area (Å²) in [7, 11) is 0. The fourth-order valence-corrected chi connectivity index (χ4v) is 4.60. The quantitative estimate of drug-likeness (QED) is 0.543. The number of carbonyl (C=O) groups excluding carboxylic acids is 2. The van der Waals surface area contributed by atoms with Gasteiger partial charge in [0, 0.05) is 22.9 Å². The van der Waals surface area contributed by atoms with Gasteiger partial charge < -0.3 is 14.6 Å². The first-order valence-electron chi connectivity index (χ1n) is 9.71. The summed E-state index contributed by atoms with van der Waals surface area (Å²) in [4.78, 5) is 26.5. The molecular formula is C24H20O5. The highest BCUT2D eigenvalue weighted by Gasteiger charge is 2.84. The third-order valence-electron chi connectivity index (χ3n) is 6.12. The number of benzene rings is 3. The zero-order valence-corrected chi connectivity index (χ0v) is 15.9. The van der Waals surface area contributed by atoms with Crippen LogP contribution in [0.4, 0.5) is 0 Å². The van der Waals surface area contributed by atoms with Crippen molar-refractivity contribution in [2.24, 2.45) is 5.41 Å². The van der Waals surface area contributed by atoms with E-state index in [1.165, 1.54) is 0 Å². The van der Waals surface area contributed by atoms with E-state index in [9.17, 15) is 14.7 Å². The van der Waals surface area contributed by atoms with Crippen molar-refractivity contribution in [3.05, 3.63) is 77.9 Å². The molecule has 5 heteroatoms. The minimum Gasteiger partial charge on any atom is -0.473 e. The first-order chi connectivity index (χ1) is 14.0. The van der Waals surface area contributed by atoms with Crippen LogP contribution in [0.3, 0.4) is 0 Å². The standard InChI is InChI=1S/C24H20O5/c1-2-28-22(27)24-14-23(24,20(25)16-9-4-3-5-10-16)21(26)18-13-12-15-8-6-7-11-17(15)19(18)29-24/h3-13,21,26H,2,14H2,1H3/t21-,23+,24+/m1/s1. The van der Waals surface area contributed by atoms with Crippen molar-refractivity contribution >= 4 is 22.5 Å². The molecule has 1 aliphatic carbocycles. The molecule has 0 amide bonds. The Morgan fingerprint density at radius 2 is 1.79 bits per heavy atom. The largest absolute Gasteiger partial charge is 0.473 e. The summed E-state index contributed by atoms with van der Waals surface area (Å²) in [6.07, 6.45) is -1.09. The van der Waals surface area contributed by atoms with E-state index in [-0.39, 0.29) is 18.8 Å². The van der Waals surface area contributed by atoms with Gasteiger partial charge in [-0.25, -0.2) is 4.79 Å². The Hall–Kier alpha value is -3.18. The molecule has 1 N–H and O–H groups in total. The summed E-state index contributed by atoms with van der Waals surface area (Å²) >= 11 is 0. The molecule has 5 nitrogen and oxygen atoms in total. The van der Waals surface area contributed by atoms with Crippen LogP contribution in [0.1, 0.15) is 35.4 Å². The smallest absolute Gasteiger partial charge is 0.351 e. The predicted octanol–water partition coefficient (Wildman–Crippen LogP) is 3.84. The Labute approximate surface area is 167 Å². The van der Waals surface area contributed by atoms with Crippen LogP contribution in [0.25, 0.3) is 10.8 Å². The van der Waals surface area contributed by atoms with Gasteiger partial charge in [0.05, 0.1) is 6.61 Å². The van der Waals surface area contributed by atoms with Crippen LogP contribution in [0.2, 0.25) is 0 Å². The number of fused-ring (bicyclic) bond motifs is 4. The van der Waals surface area contributed by atoms with Gasteiger partial charge in [0.2, 0.25) is 5.60 Å². The highest BCUT2D eigenvalue weighted by atomic mass is 16.6. The van der Waals surface area contributed by atoms with Crippen molar-refractivity contribution in [1.82, 2.24) is 0 Å². The van der Waals surface area contributed by atoms with Gasteiger partial charge in [0.1, 0.15) is 17.3 Å². The van der Waals surface area contributed by atoms with Crippen molar-refractivity contribution in [2.75, 3.05) is 6.61 Å². The lowest BCUT2D eigenvalue weighted by atomic mass is 9.80. The van der Waals surface area contributed by atoms with Crippen LogP contribution in [-0.2, 0) is 9.53 Å². The Kier molecular flexibility index (Phi) is 3.80. The Bertz CT molecular complexity index is 1140. The van der Waals surface area contributed by atoms with Crippen molar-refractivity contribution in [2.45, 2.75) is 25.0 Å². The molecule has 3 aromatic carbocycles. The van der Waals surface area contributed by atoms with E-state index >= 15 is 0 Å². The number of ketones is 1. The third-order valence-corrected chi connectivity index (χ3v) is 6.12. The summed E-state index contributed by atoms with van der Waals surface area (Å²) in [5, 5.41) is 13.1. The highest BCUT2D eigenvalue weighted by Crippen LogP contribution is 2.71. The van der Waals surface area contributed by atoms with Crippen molar-refractivity contribution in [1.29, 1.82) is 0 Å². The molecule has 3 atom stereocenters. The first kappa shape index (κ1) is 17.9.